The van der Waals surface area contributed by atoms with Crippen molar-refractivity contribution in [3.63, 3.8) is 0 Å². The molecule has 4 N–H and O–H groups in total. The Morgan fingerprint density at radius 1 is 0.979 bits per heavy atom. The number of esters is 1. The van der Waals surface area contributed by atoms with Crippen molar-refractivity contribution in [2.45, 2.75) is 68.5 Å². The Kier molecular flexibility index (Phi) is 8.76. The number of amides is 2. The van der Waals surface area contributed by atoms with E-state index in [2.05, 4.69) is 10.6 Å². The SMILES string of the molecule is O=C(CCNC(=O)C12CC3OC(=O)C1N(Cc1ccccc1C=COCCO)OC2C1OC2(Cc4ccccc4C2)OC31)NCCO. The third-order valence-electron chi connectivity index (χ3n) is 9.72. The number of rotatable bonds is 12. The maximum Gasteiger partial charge on any atom is 0.327 e. The molecule has 3 heterocycles. The van der Waals surface area contributed by atoms with Crippen molar-refractivity contribution >= 4 is 23.9 Å². The van der Waals surface area contributed by atoms with Crippen molar-refractivity contribution in [3.8, 4) is 0 Å². The van der Waals surface area contributed by atoms with Crippen LogP contribution in [0.3, 0.4) is 0 Å². The number of hydrogen-bond acceptors (Lipinski definition) is 11. The second-order valence-electron chi connectivity index (χ2n) is 12.6. The number of fused-ring (bicyclic) bond motifs is 5. The first kappa shape index (κ1) is 31.7. The van der Waals surface area contributed by atoms with Crippen LogP contribution in [0.5, 0.6) is 0 Å². The first-order valence-electron chi connectivity index (χ1n) is 16.1. The van der Waals surface area contributed by atoms with E-state index >= 15 is 0 Å². The Morgan fingerprint density at radius 2 is 1.72 bits per heavy atom. The lowest BCUT2D eigenvalue weighted by atomic mass is 9.62. The van der Waals surface area contributed by atoms with Gasteiger partial charge in [0.05, 0.1) is 26.0 Å². The van der Waals surface area contributed by atoms with Gasteiger partial charge in [0.25, 0.3) is 0 Å². The summed E-state index contributed by atoms with van der Waals surface area (Å²) in [6.07, 6.45) is 1.53. The molecule has 2 aromatic rings. The van der Waals surface area contributed by atoms with Gasteiger partial charge in [0.15, 0.2) is 11.8 Å². The van der Waals surface area contributed by atoms with Crippen LogP contribution in [0.25, 0.3) is 6.08 Å². The fourth-order valence-corrected chi connectivity index (χ4v) is 7.75. The smallest absolute Gasteiger partial charge is 0.327 e. The van der Waals surface area contributed by atoms with Gasteiger partial charge in [0, 0.05) is 38.8 Å². The lowest BCUT2D eigenvalue weighted by Gasteiger charge is -2.48. The van der Waals surface area contributed by atoms with Crippen molar-refractivity contribution < 1.29 is 48.4 Å². The fourth-order valence-electron chi connectivity index (χ4n) is 7.75. The second-order valence-corrected chi connectivity index (χ2v) is 12.6. The Morgan fingerprint density at radius 3 is 2.49 bits per heavy atom. The van der Waals surface area contributed by atoms with Gasteiger partial charge in [0.1, 0.15) is 36.4 Å². The van der Waals surface area contributed by atoms with E-state index in [4.69, 9.17) is 34.0 Å². The first-order chi connectivity index (χ1) is 22.9. The molecule has 7 rings (SSSR count). The maximum atomic E-state index is 14.3. The van der Waals surface area contributed by atoms with Gasteiger partial charge in [-0.25, -0.2) is 0 Å². The van der Waals surface area contributed by atoms with Gasteiger partial charge in [-0.05, 0) is 28.3 Å². The molecule has 2 aliphatic carbocycles. The highest BCUT2D eigenvalue weighted by Gasteiger charge is 2.76. The van der Waals surface area contributed by atoms with Crippen LogP contribution in [0.1, 0.15) is 35.1 Å². The van der Waals surface area contributed by atoms with Gasteiger partial charge < -0.3 is 39.8 Å². The van der Waals surface area contributed by atoms with Crippen molar-refractivity contribution in [1.29, 1.82) is 0 Å². The van der Waals surface area contributed by atoms with E-state index in [1.807, 2.05) is 48.5 Å². The quantitative estimate of drug-likeness (QED) is 0.143. The van der Waals surface area contributed by atoms with E-state index in [9.17, 15) is 14.4 Å². The minimum Gasteiger partial charge on any atom is -0.499 e. The topological polar surface area (TPSA) is 165 Å². The van der Waals surface area contributed by atoms with Crippen LogP contribution in [-0.2, 0) is 57.6 Å². The van der Waals surface area contributed by atoms with Gasteiger partial charge in [0.2, 0.25) is 11.8 Å². The van der Waals surface area contributed by atoms with Crippen LogP contribution < -0.4 is 10.6 Å². The van der Waals surface area contributed by atoms with Crippen LogP contribution >= 0.6 is 0 Å². The molecule has 0 aromatic heterocycles. The summed E-state index contributed by atoms with van der Waals surface area (Å²) in [6.45, 7) is 0.152. The Labute approximate surface area is 271 Å². The normalized spacial score (nSPS) is 29.8. The van der Waals surface area contributed by atoms with Crippen LogP contribution in [0.15, 0.2) is 54.8 Å². The third kappa shape index (κ3) is 5.70. The molecule has 1 spiro atoms. The van der Waals surface area contributed by atoms with Crippen molar-refractivity contribution in [1.82, 2.24) is 15.7 Å². The van der Waals surface area contributed by atoms with E-state index in [1.165, 1.54) is 11.3 Å². The van der Waals surface area contributed by atoms with Gasteiger partial charge in [-0.3, -0.25) is 19.2 Å². The van der Waals surface area contributed by atoms with Crippen LogP contribution in [0.2, 0.25) is 0 Å². The van der Waals surface area contributed by atoms with Gasteiger partial charge in [-0.15, -0.1) is 0 Å². The zero-order chi connectivity index (χ0) is 32.6. The number of hydrogen-bond donors (Lipinski definition) is 4. The number of nitrogens with one attached hydrogen (secondary N) is 2. The molecular formula is C34H39N3O10. The Balaban J connectivity index is 1.19. The molecular weight excluding hydrogens is 610 g/mol. The molecule has 47 heavy (non-hydrogen) atoms. The average Bonchev–Trinajstić information content (AvgIpc) is 3.74. The number of nitrogens with zero attached hydrogens (tertiary/aromatic N) is 1. The molecule has 2 bridgehead atoms. The molecule has 2 aromatic carbocycles. The molecule has 3 aliphatic heterocycles. The highest BCUT2D eigenvalue weighted by molar-refractivity contribution is 5.94. The van der Waals surface area contributed by atoms with Crippen molar-refractivity contribution in [3.05, 3.63) is 77.0 Å². The molecule has 6 atom stereocenters. The van der Waals surface area contributed by atoms with E-state index in [-0.39, 0.29) is 58.2 Å². The summed E-state index contributed by atoms with van der Waals surface area (Å²) in [7, 11) is 0. The summed E-state index contributed by atoms with van der Waals surface area (Å²) in [5, 5.41) is 25.1. The van der Waals surface area contributed by atoms with Crippen molar-refractivity contribution in [2.24, 2.45) is 5.41 Å². The number of carbonyl (C=O) groups excluding carboxylic acids is 3. The molecule has 5 aliphatic rings. The predicted molar refractivity (Wildman–Crippen MR) is 164 cm³/mol. The molecule has 3 saturated heterocycles. The van der Waals surface area contributed by atoms with Crippen LogP contribution in [-0.4, -0.2) is 102 Å². The summed E-state index contributed by atoms with van der Waals surface area (Å²) in [4.78, 5) is 47.1. The van der Waals surface area contributed by atoms with Crippen LogP contribution in [0, 0.1) is 5.41 Å². The highest BCUT2D eigenvalue weighted by atomic mass is 16.8. The Hall–Kier alpha value is -3.85. The average molecular weight is 650 g/mol. The molecule has 6 unspecified atom stereocenters. The standard InChI is InChI=1S/C34H39N3O10/c38-13-12-35-26(40)9-11-36-32(42)34-19-25-27-28(46-33(45-27)17-22-6-2-3-7-23(22)18-33)30(34)47-37(29(34)31(41)44-25)20-24-8-4-1-5-21(24)10-15-43-16-14-39/h1-8,10,15,25,27-30,38-39H,9,11-14,16-20H2,(H,35,40)(H,36,42). The van der Waals surface area contributed by atoms with E-state index < -0.39 is 53.5 Å². The maximum absolute atomic E-state index is 14.3. The number of carbonyl (C=O) groups is 3. The van der Waals surface area contributed by atoms with Gasteiger partial charge in [-0.1, -0.05) is 48.5 Å². The monoisotopic (exact) mass is 649 g/mol. The van der Waals surface area contributed by atoms with Gasteiger partial charge >= 0.3 is 5.97 Å². The fraction of sp³-hybridized carbons (Fsp3) is 0.500. The molecule has 2 amide bonds. The number of benzene rings is 2. The summed E-state index contributed by atoms with van der Waals surface area (Å²) in [5.74, 6) is -2.29. The van der Waals surface area contributed by atoms with E-state index in [0.29, 0.717) is 12.8 Å². The Bertz CT molecular complexity index is 1520. The third-order valence-corrected chi connectivity index (χ3v) is 9.72. The highest BCUT2D eigenvalue weighted by Crippen LogP contribution is 2.58. The van der Waals surface area contributed by atoms with Crippen molar-refractivity contribution in [2.75, 3.05) is 32.9 Å². The largest absolute Gasteiger partial charge is 0.499 e. The second kappa shape index (κ2) is 13.0. The lowest BCUT2D eigenvalue weighted by molar-refractivity contribution is -0.217. The molecule has 0 radical (unpaired) electrons. The molecule has 250 valence electrons. The van der Waals surface area contributed by atoms with E-state index in [1.54, 1.807) is 6.08 Å². The van der Waals surface area contributed by atoms with E-state index in [0.717, 1.165) is 22.3 Å². The zero-order valence-electron chi connectivity index (χ0n) is 25.8. The predicted octanol–water partition coefficient (Wildman–Crippen LogP) is 0.360. The summed E-state index contributed by atoms with van der Waals surface area (Å²) >= 11 is 0. The minimum absolute atomic E-state index is 0.000691. The number of hydroxylamine groups is 2. The summed E-state index contributed by atoms with van der Waals surface area (Å²) in [6, 6.07) is 14.5. The zero-order valence-corrected chi connectivity index (χ0v) is 25.8. The lowest BCUT2D eigenvalue weighted by Crippen LogP contribution is -2.69. The minimum atomic E-state index is -1.38. The summed E-state index contributed by atoms with van der Waals surface area (Å²) in [5.41, 5.74) is 2.48. The number of aliphatic hydroxyl groups is 2. The molecule has 13 nitrogen and oxygen atoms in total. The molecule has 1 saturated carbocycles. The number of aliphatic hydroxyl groups excluding tert-OH is 2. The first-order valence-corrected chi connectivity index (χ1v) is 16.1. The van der Waals surface area contributed by atoms with Crippen LogP contribution in [0.4, 0.5) is 0 Å². The van der Waals surface area contributed by atoms with Gasteiger partial charge in [-0.2, -0.15) is 5.06 Å². The molecule has 13 heteroatoms. The number of ether oxygens (including phenoxy) is 4. The summed E-state index contributed by atoms with van der Waals surface area (Å²) < 4.78 is 24.8. The molecule has 4 fully saturated rings.